The van der Waals surface area contributed by atoms with E-state index in [2.05, 4.69) is 22.2 Å². The van der Waals surface area contributed by atoms with E-state index in [4.69, 9.17) is 5.73 Å². The largest absolute Gasteiger partial charge is 0.399 e. The first kappa shape index (κ1) is 21.3. The first-order valence-corrected chi connectivity index (χ1v) is 10.4. The van der Waals surface area contributed by atoms with Crippen LogP contribution < -0.4 is 16.6 Å². The van der Waals surface area contributed by atoms with Crippen molar-refractivity contribution < 1.29 is 4.79 Å². The molecule has 6 nitrogen and oxygen atoms in total. The van der Waals surface area contributed by atoms with E-state index in [0.717, 1.165) is 35.0 Å². The van der Waals surface area contributed by atoms with E-state index in [-0.39, 0.29) is 30.3 Å². The summed E-state index contributed by atoms with van der Waals surface area (Å²) in [4.78, 5) is 34.6. The second-order valence-corrected chi connectivity index (χ2v) is 8.75. The van der Waals surface area contributed by atoms with Crippen LogP contribution in [0, 0.1) is 12.8 Å². The summed E-state index contributed by atoms with van der Waals surface area (Å²) in [6, 6.07) is 5.42. The second-order valence-electron chi connectivity index (χ2n) is 7.67. The van der Waals surface area contributed by atoms with Gasteiger partial charge in [0.2, 0.25) is 5.91 Å². The van der Waals surface area contributed by atoms with Crippen LogP contribution in [0.2, 0.25) is 0 Å². The lowest BCUT2D eigenvalue weighted by Crippen LogP contribution is -2.17. The van der Waals surface area contributed by atoms with Crippen molar-refractivity contribution in [1.82, 2.24) is 9.97 Å². The third-order valence-electron chi connectivity index (χ3n) is 5.34. The van der Waals surface area contributed by atoms with Crippen molar-refractivity contribution in [3.05, 3.63) is 50.4 Å². The Morgan fingerprint density at radius 3 is 3.00 bits per heavy atom. The number of hydrogen-bond acceptors (Lipinski definition) is 5. The third-order valence-corrected chi connectivity index (χ3v) is 6.49. The van der Waals surface area contributed by atoms with Crippen molar-refractivity contribution >= 4 is 51.2 Å². The highest BCUT2D eigenvalue weighted by Gasteiger charge is 2.23. The van der Waals surface area contributed by atoms with Gasteiger partial charge in [-0.3, -0.25) is 9.59 Å². The van der Waals surface area contributed by atoms with Crippen LogP contribution >= 0.6 is 23.7 Å². The fourth-order valence-corrected chi connectivity index (χ4v) is 5.13. The van der Waals surface area contributed by atoms with Crippen LogP contribution in [0.1, 0.15) is 41.6 Å². The number of fused-ring (bicyclic) bond motifs is 3. The van der Waals surface area contributed by atoms with Gasteiger partial charge in [-0.2, -0.15) is 0 Å². The van der Waals surface area contributed by atoms with Gasteiger partial charge in [-0.05, 0) is 55.4 Å². The van der Waals surface area contributed by atoms with Gasteiger partial charge in [0.25, 0.3) is 5.56 Å². The van der Waals surface area contributed by atoms with E-state index < -0.39 is 0 Å². The molecule has 0 saturated heterocycles. The van der Waals surface area contributed by atoms with Crippen LogP contribution in [0.25, 0.3) is 10.2 Å². The highest BCUT2D eigenvalue weighted by molar-refractivity contribution is 7.18. The summed E-state index contributed by atoms with van der Waals surface area (Å²) >= 11 is 1.63. The number of nitrogen functional groups attached to an aromatic ring is 1. The molecule has 29 heavy (non-hydrogen) atoms. The zero-order valence-corrected chi connectivity index (χ0v) is 18.1. The van der Waals surface area contributed by atoms with Gasteiger partial charge in [0.15, 0.2) is 0 Å². The summed E-state index contributed by atoms with van der Waals surface area (Å²) in [5, 5.41) is 3.63. The number of nitrogens with one attached hydrogen (secondary N) is 2. The van der Waals surface area contributed by atoms with Gasteiger partial charge in [-0.15, -0.1) is 23.7 Å². The molecule has 1 amide bonds. The summed E-state index contributed by atoms with van der Waals surface area (Å²) in [7, 11) is 0. The molecule has 0 spiro atoms. The van der Waals surface area contributed by atoms with Crippen molar-refractivity contribution in [2.45, 2.75) is 46.0 Å². The van der Waals surface area contributed by atoms with Crippen molar-refractivity contribution in [3.8, 4) is 0 Å². The Morgan fingerprint density at radius 2 is 2.21 bits per heavy atom. The van der Waals surface area contributed by atoms with Crippen LogP contribution in [0.15, 0.2) is 23.0 Å². The smallest absolute Gasteiger partial charge is 0.259 e. The molecule has 1 aliphatic carbocycles. The average Bonchev–Trinajstić information content (AvgIpc) is 3.00. The van der Waals surface area contributed by atoms with Gasteiger partial charge in [-0.1, -0.05) is 13.0 Å². The maximum atomic E-state index is 12.6. The molecule has 1 aromatic carbocycles. The highest BCUT2D eigenvalue weighted by atomic mass is 35.5. The molecule has 1 unspecified atom stereocenters. The molecule has 1 atom stereocenters. The topological polar surface area (TPSA) is 101 Å². The van der Waals surface area contributed by atoms with E-state index in [9.17, 15) is 9.59 Å². The molecule has 0 saturated carbocycles. The summed E-state index contributed by atoms with van der Waals surface area (Å²) < 4.78 is 0. The number of aryl methyl sites for hydroxylation is 3. The SMILES string of the molecule is Cc1ccc(N)cc1NC(=O)CCc1nc2sc3c(c2c(=O)[nH]1)CCC(C)C3.Cl. The van der Waals surface area contributed by atoms with Gasteiger partial charge in [0, 0.05) is 29.1 Å². The quantitative estimate of drug-likeness (QED) is 0.542. The molecule has 0 aliphatic heterocycles. The van der Waals surface area contributed by atoms with Gasteiger partial charge >= 0.3 is 0 Å². The minimum Gasteiger partial charge on any atom is -0.399 e. The van der Waals surface area contributed by atoms with E-state index in [1.807, 2.05) is 13.0 Å². The molecule has 4 rings (SSSR count). The molecule has 2 aromatic heterocycles. The van der Waals surface area contributed by atoms with Crippen LogP contribution in [0.4, 0.5) is 11.4 Å². The van der Waals surface area contributed by atoms with Crippen molar-refractivity contribution in [2.75, 3.05) is 11.1 Å². The minimum atomic E-state index is -0.129. The van der Waals surface area contributed by atoms with Gasteiger partial charge < -0.3 is 16.0 Å². The van der Waals surface area contributed by atoms with Crippen LogP contribution in [-0.4, -0.2) is 15.9 Å². The molecule has 2 heterocycles. The predicted octanol–water partition coefficient (Wildman–Crippen LogP) is 3.99. The number of aromatic nitrogens is 2. The fraction of sp³-hybridized carbons (Fsp3) is 0.381. The molecule has 154 valence electrons. The van der Waals surface area contributed by atoms with Crippen molar-refractivity contribution in [1.29, 1.82) is 0 Å². The molecule has 4 N–H and O–H groups in total. The number of rotatable bonds is 4. The predicted molar refractivity (Wildman–Crippen MR) is 121 cm³/mol. The Hall–Kier alpha value is -2.38. The molecular formula is C21H25ClN4O2S. The number of nitrogens with two attached hydrogens (primary N) is 1. The third kappa shape index (κ3) is 4.46. The summed E-state index contributed by atoms with van der Waals surface area (Å²) in [5.41, 5.74) is 9.15. The van der Waals surface area contributed by atoms with E-state index in [1.54, 1.807) is 23.5 Å². The van der Waals surface area contributed by atoms with Gasteiger partial charge in [0.05, 0.1) is 5.39 Å². The number of hydrogen-bond donors (Lipinski definition) is 3. The van der Waals surface area contributed by atoms with E-state index >= 15 is 0 Å². The number of amides is 1. The lowest BCUT2D eigenvalue weighted by molar-refractivity contribution is -0.116. The minimum absolute atomic E-state index is 0. The Kier molecular flexibility index (Phi) is 6.29. The lowest BCUT2D eigenvalue weighted by Gasteiger charge is -2.17. The Morgan fingerprint density at radius 1 is 1.41 bits per heavy atom. The number of thiophene rings is 1. The van der Waals surface area contributed by atoms with Gasteiger partial charge in [-0.25, -0.2) is 4.98 Å². The molecule has 3 aromatic rings. The first-order valence-electron chi connectivity index (χ1n) is 9.60. The second kappa shape index (κ2) is 8.55. The molecular weight excluding hydrogens is 408 g/mol. The molecule has 1 aliphatic rings. The van der Waals surface area contributed by atoms with Crippen molar-refractivity contribution in [2.24, 2.45) is 5.92 Å². The number of carbonyl (C=O) groups excluding carboxylic acids is 1. The average molecular weight is 433 g/mol. The molecule has 8 heteroatoms. The Balaban J connectivity index is 0.00000240. The van der Waals surface area contributed by atoms with E-state index in [0.29, 0.717) is 29.5 Å². The van der Waals surface area contributed by atoms with Crippen molar-refractivity contribution in [3.63, 3.8) is 0 Å². The number of halogens is 1. The highest BCUT2D eigenvalue weighted by Crippen LogP contribution is 2.35. The first-order chi connectivity index (χ1) is 13.4. The number of aromatic amines is 1. The summed E-state index contributed by atoms with van der Waals surface area (Å²) in [5.74, 6) is 1.08. The number of nitrogens with zero attached hydrogens (tertiary/aromatic N) is 1. The monoisotopic (exact) mass is 432 g/mol. The lowest BCUT2D eigenvalue weighted by atomic mass is 9.89. The zero-order valence-electron chi connectivity index (χ0n) is 16.5. The normalized spacial score (nSPS) is 15.6. The fourth-order valence-electron chi connectivity index (χ4n) is 3.73. The van der Waals surface area contributed by atoms with Crippen LogP contribution in [-0.2, 0) is 24.1 Å². The Labute approximate surface area is 179 Å². The number of benzene rings is 1. The molecule has 0 fully saturated rings. The van der Waals surface area contributed by atoms with Crippen LogP contribution in [0.3, 0.4) is 0 Å². The van der Waals surface area contributed by atoms with Gasteiger partial charge in [0.1, 0.15) is 10.7 Å². The summed E-state index contributed by atoms with van der Waals surface area (Å²) in [6.45, 7) is 4.17. The zero-order chi connectivity index (χ0) is 19.8. The maximum Gasteiger partial charge on any atom is 0.259 e. The number of anilines is 2. The van der Waals surface area contributed by atoms with E-state index in [1.165, 1.54) is 10.4 Å². The standard InChI is InChI=1S/C21H24N4O2S.ClH/c1-11-3-6-14-16(9-11)28-21-19(14)20(27)24-17(25-21)7-8-18(26)23-15-10-13(22)5-4-12(15)2;/h4-5,10-11H,3,6-9,22H2,1-2H3,(H,23,26)(H,24,25,27);1H. The van der Waals surface area contributed by atoms with Crippen LogP contribution in [0.5, 0.6) is 0 Å². The number of carbonyl (C=O) groups is 1. The maximum absolute atomic E-state index is 12.6. The summed E-state index contributed by atoms with van der Waals surface area (Å²) in [6.07, 6.45) is 3.71. The number of H-pyrrole nitrogens is 1. The molecule has 0 bridgehead atoms. The molecule has 0 radical (unpaired) electrons. The Bertz CT molecular complexity index is 1120.